The van der Waals surface area contributed by atoms with Crippen LogP contribution in [-0.4, -0.2) is 26.5 Å². The molecule has 98 valence electrons. The SMILES string of the molecule is COc1cc(OC)c(-c2cc(C#N)no2)c(OC)c1. The van der Waals surface area contributed by atoms with Gasteiger partial charge in [-0.2, -0.15) is 5.26 Å². The van der Waals surface area contributed by atoms with Gasteiger partial charge in [0, 0.05) is 18.2 Å². The summed E-state index contributed by atoms with van der Waals surface area (Å²) in [6, 6.07) is 6.83. The number of nitrogens with zero attached hydrogens (tertiary/aromatic N) is 2. The number of methoxy groups -OCH3 is 3. The fourth-order valence-corrected chi connectivity index (χ4v) is 1.69. The Kier molecular flexibility index (Phi) is 3.57. The highest BCUT2D eigenvalue weighted by Crippen LogP contribution is 2.41. The number of hydrogen-bond acceptors (Lipinski definition) is 6. The summed E-state index contributed by atoms with van der Waals surface area (Å²) in [5, 5.41) is 12.4. The summed E-state index contributed by atoms with van der Waals surface area (Å²) in [5.74, 6) is 2.01. The van der Waals surface area contributed by atoms with Crippen LogP contribution < -0.4 is 14.2 Å². The third kappa shape index (κ3) is 2.31. The molecule has 0 atom stereocenters. The average Bonchev–Trinajstić information content (AvgIpc) is 2.94. The van der Waals surface area contributed by atoms with Gasteiger partial charge in [-0.3, -0.25) is 0 Å². The molecule has 2 rings (SSSR count). The van der Waals surface area contributed by atoms with E-state index in [0.29, 0.717) is 28.6 Å². The van der Waals surface area contributed by atoms with E-state index < -0.39 is 0 Å². The maximum absolute atomic E-state index is 8.78. The molecule has 0 bridgehead atoms. The summed E-state index contributed by atoms with van der Waals surface area (Å²) >= 11 is 0. The minimum absolute atomic E-state index is 0.190. The molecule has 2 aromatic rings. The second kappa shape index (κ2) is 5.31. The maximum atomic E-state index is 8.78. The Morgan fingerprint density at radius 2 is 1.68 bits per heavy atom. The first-order valence-electron chi connectivity index (χ1n) is 5.40. The standard InChI is InChI=1S/C13H12N2O4/c1-16-9-5-10(17-2)13(11(6-9)18-3)12-4-8(7-14)15-19-12/h4-6H,1-3H3. The topological polar surface area (TPSA) is 77.5 Å². The molecule has 19 heavy (non-hydrogen) atoms. The highest BCUT2D eigenvalue weighted by atomic mass is 16.5. The number of nitriles is 1. The smallest absolute Gasteiger partial charge is 0.184 e. The van der Waals surface area contributed by atoms with E-state index in [1.165, 1.54) is 20.3 Å². The van der Waals surface area contributed by atoms with Crippen molar-refractivity contribution in [2.45, 2.75) is 0 Å². The van der Waals surface area contributed by atoms with Crippen LogP contribution in [0.5, 0.6) is 17.2 Å². The molecule has 0 spiro atoms. The Bertz CT molecular complexity index is 603. The van der Waals surface area contributed by atoms with Crippen LogP contribution in [0.4, 0.5) is 0 Å². The van der Waals surface area contributed by atoms with Gasteiger partial charge in [0.25, 0.3) is 0 Å². The predicted molar refractivity (Wildman–Crippen MR) is 66.3 cm³/mol. The molecule has 0 saturated heterocycles. The normalized spacial score (nSPS) is 9.79. The van der Waals surface area contributed by atoms with E-state index in [-0.39, 0.29) is 5.69 Å². The first-order chi connectivity index (χ1) is 9.23. The Morgan fingerprint density at radius 1 is 1.05 bits per heavy atom. The predicted octanol–water partition coefficient (Wildman–Crippen LogP) is 2.24. The highest BCUT2D eigenvalue weighted by molar-refractivity contribution is 5.75. The van der Waals surface area contributed by atoms with Crippen molar-refractivity contribution >= 4 is 0 Å². The maximum Gasteiger partial charge on any atom is 0.184 e. The molecule has 0 aliphatic carbocycles. The second-order valence-electron chi connectivity index (χ2n) is 3.60. The van der Waals surface area contributed by atoms with Crippen LogP contribution in [0.15, 0.2) is 22.7 Å². The lowest BCUT2D eigenvalue weighted by Gasteiger charge is -2.12. The van der Waals surface area contributed by atoms with Gasteiger partial charge in [0.2, 0.25) is 0 Å². The molecule has 0 aliphatic rings. The van der Waals surface area contributed by atoms with Crippen LogP contribution in [0.25, 0.3) is 11.3 Å². The Hall–Kier alpha value is -2.68. The Morgan fingerprint density at radius 3 is 2.11 bits per heavy atom. The zero-order valence-electron chi connectivity index (χ0n) is 10.8. The Balaban J connectivity index is 2.63. The molecular weight excluding hydrogens is 248 g/mol. The molecule has 6 heteroatoms. The fraction of sp³-hybridized carbons (Fsp3) is 0.231. The lowest BCUT2D eigenvalue weighted by molar-refractivity contribution is 0.371. The van der Waals surface area contributed by atoms with Crippen molar-refractivity contribution in [1.29, 1.82) is 5.26 Å². The molecular formula is C13H12N2O4. The van der Waals surface area contributed by atoms with Crippen LogP contribution in [-0.2, 0) is 0 Å². The monoisotopic (exact) mass is 260 g/mol. The molecule has 0 amide bonds. The molecule has 0 saturated carbocycles. The van der Waals surface area contributed by atoms with E-state index in [4.69, 9.17) is 24.0 Å². The second-order valence-corrected chi connectivity index (χ2v) is 3.60. The Labute approximate surface area is 110 Å². The highest BCUT2D eigenvalue weighted by Gasteiger charge is 2.19. The quantitative estimate of drug-likeness (QED) is 0.838. The van der Waals surface area contributed by atoms with Gasteiger partial charge in [0.15, 0.2) is 11.5 Å². The van der Waals surface area contributed by atoms with Crippen molar-refractivity contribution in [2.75, 3.05) is 21.3 Å². The van der Waals surface area contributed by atoms with E-state index in [9.17, 15) is 0 Å². The van der Waals surface area contributed by atoms with Crippen molar-refractivity contribution in [1.82, 2.24) is 5.16 Å². The van der Waals surface area contributed by atoms with Crippen LogP contribution in [0.1, 0.15) is 5.69 Å². The van der Waals surface area contributed by atoms with E-state index in [0.717, 1.165) is 0 Å². The molecule has 0 fully saturated rings. The number of hydrogen-bond donors (Lipinski definition) is 0. The zero-order valence-corrected chi connectivity index (χ0v) is 10.8. The summed E-state index contributed by atoms with van der Waals surface area (Å²) in [4.78, 5) is 0. The lowest BCUT2D eigenvalue weighted by atomic mass is 10.1. The third-order valence-corrected chi connectivity index (χ3v) is 2.59. The third-order valence-electron chi connectivity index (χ3n) is 2.59. The first kappa shape index (κ1) is 12.8. The van der Waals surface area contributed by atoms with Gasteiger partial charge in [-0.25, -0.2) is 0 Å². The molecule has 0 unspecified atom stereocenters. The average molecular weight is 260 g/mol. The van der Waals surface area contributed by atoms with Gasteiger partial charge in [-0.15, -0.1) is 0 Å². The van der Waals surface area contributed by atoms with Crippen molar-refractivity contribution in [3.8, 4) is 34.6 Å². The fourth-order valence-electron chi connectivity index (χ4n) is 1.69. The molecule has 1 aromatic carbocycles. The summed E-state index contributed by atoms with van der Waals surface area (Å²) in [6.45, 7) is 0. The van der Waals surface area contributed by atoms with Gasteiger partial charge in [-0.1, -0.05) is 5.16 Å². The van der Waals surface area contributed by atoms with Crippen LogP contribution in [0.2, 0.25) is 0 Å². The van der Waals surface area contributed by atoms with Gasteiger partial charge in [0.05, 0.1) is 21.3 Å². The number of aromatic nitrogens is 1. The minimum atomic E-state index is 0.190. The summed E-state index contributed by atoms with van der Waals surface area (Å²) in [6.07, 6.45) is 0. The molecule has 0 N–H and O–H groups in total. The van der Waals surface area contributed by atoms with E-state index in [1.807, 2.05) is 6.07 Å². The van der Waals surface area contributed by atoms with E-state index >= 15 is 0 Å². The van der Waals surface area contributed by atoms with E-state index in [1.54, 1.807) is 19.2 Å². The summed E-state index contributed by atoms with van der Waals surface area (Å²) in [5.41, 5.74) is 0.773. The van der Waals surface area contributed by atoms with Gasteiger partial charge in [-0.05, 0) is 0 Å². The summed E-state index contributed by atoms with van der Waals surface area (Å²) < 4.78 is 20.9. The zero-order chi connectivity index (χ0) is 13.8. The van der Waals surface area contributed by atoms with Crippen LogP contribution in [0.3, 0.4) is 0 Å². The number of benzene rings is 1. The first-order valence-corrected chi connectivity index (χ1v) is 5.40. The van der Waals surface area contributed by atoms with Crippen molar-refractivity contribution in [2.24, 2.45) is 0 Å². The lowest BCUT2D eigenvalue weighted by Crippen LogP contribution is -1.94. The molecule has 0 aliphatic heterocycles. The molecule has 1 aromatic heterocycles. The van der Waals surface area contributed by atoms with Crippen molar-refractivity contribution in [3.63, 3.8) is 0 Å². The number of ether oxygens (including phenoxy) is 3. The van der Waals surface area contributed by atoms with Gasteiger partial charge >= 0.3 is 0 Å². The largest absolute Gasteiger partial charge is 0.496 e. The molecule has 0 radical (unpaired) electrons. The molecule has 1 heterocycles. The van der Waals surface area contributed by atoms with Gasteiger partial charge < -0.3 is 18.7 Å². The summed E-state index contributed by atoms with van der Waals surface area (Å²) in [7, 11) is 4.61. The van der Waals surface area contributed by atoms with Gasteiger partial charge in [0.1, 0.15) is 28.9 Å². The molecule has 6 nitrogen and oxygen atoms in total. The van der Waals surface area contributed by atoms with Crippen molar-refractivity contribution < 1.29 is 18.7 Å². The van der Waals surface area contributed by atoms with Crippen molar-refractivity contribution in [3.05, 3.63) is 23.9 Å². The number of rotatable bonds is 4. The van der Waals surface area contributed by atoms with Crippen LogP contribution >= 0.6 is 0 Å². The van der Waals surface area contributed by atoms with Crippen LogP contribution in [0, 0.1) is 11.3 Å². The minimum Gasteiger partial charge on any atom is -0.496 e. The van der Waals surface area contributed by atoms with E-state index in [2.05, 4.69) is 5.16 Å².